The summed E-state index contributed by atoms with van der Waals surface area (Å²) in [4.78, 5) is 1.21. The van der Waals surface area contributed by atoms with E-state index < -0.39 is 0 Å². The highest BCUT2D eigenvalue weighted by Crippen LogP contribution is 2.21. The van der Waals surface area contributed by atoms with Crippen LogP contribution in [0.15, 0.2) is 23.1 Å². The Kier molecular flexibility index (Phi) is 7.06. The molecule has 0 heterocycles. The van der Waals surface area contributed by atoms with Gasteiger partial charge in [0.1, 0.15) is 0 Å². The molecule has 0 bridgehead atoms. The van der Waals surface area contributed by atoms with E-state index in [1.54, 1.807) is 18.0 Å². The molecule has 0 atom stereocenters. The van der Waals surface area contributed by atoms with Crippen LogP contribution in [0.25, 0.3) is 0 Å². The van der Waals surface area contributed by atoms with Gasteiger partial charge < -0.3 is 5.73 Å². The van der Waals surface area contributed by atoms with Crippen LogP contribution in [0.1, 0.15) is 33.1 Å². The van der Waals surface area contributed by atoms with Gasteiger partial charge in [-0.2, -0.15) is 0 Å². The van der Waals surface area contributed by atoms with Gasteiger partial charge in [0, 0.05) is 6.20 Å². The smallest absolute Gasteiger partial charge is 0.000532 e. The van der Waals surface area contributed by atoms with E-state index >= 15 is 0 Å². The second-order valence-electron chi connectivity index (χ2n) is 3.27. The molecule has 0 spiro atoms. The van der Waals surface area contributed by atoms with Crippen molar-refractivity contribution in [2.45, 2.75) is 33.1 Å². The Hall–Kier alpha value is -0.370. The average molecular weight is 185 g/mol. The summed E-state index contributed by atoms with van der Waals surface area (Å²) < 4.78 is 0. The Balaban J connectivity index is 3.32. The third-order valence-electron chi connectivity index (χ3n) is 1.55. The summed E-state index contributed by atoms with van der Waals surface area (Å²) in [5.74, 6) is 0.799. The fraction of sp³-hybridized carbons (Fsp3) is 0.600. The van der Waals surface area contributed by atoms with Crippen molar-refractivity contribution in [1.29, 1.82) is 0 Å². The van der Waals surface area contributed by atoms with Crippen molar-refractivity contribution < 1.29 is 0 Å². The molecule has 0 saturated heterocycles. The quantitative estimate of drug-likeness (QED) is 0.685. The van der Waals surface area contributed by atoms with E-state index in [-0.39, 0.29) is 0 Å². The zero-order chi connectivity index (χ0) is 9.40. The topological polar surface area (TPSA) is 26.0 Å². The second-order valence-corrected chi connectivity index (χ2v) is 4.36. The molecule has 2 N–H and O–H groups in total. The molecule has 2 heteroatoms. The minimum atomic E-state index is 0.799. The van der Waals surface area contributed by atoms with E-state index in [0.29, 0.717) is 0 Å². The standard InChI is InChI=1S/C10H19NS/c1-9(2)5-4-6-10(3)12-8-7-11/h7-9H,3-6,11H2,1-2H3/b8-7-. The van der Waals surface area contributed by atoms with Crippen LogP contribution >= 0.6 is 11.8 Å². The van der Waals surface area contributed by atoms with Crippen molar-refractivity contribution >= 4 is 11.8 Å². The molecule has 0 aromatic heterocycles. The Morgan fingerprint density at radius 1 is 1.58 bits per heavy atom. The highest BCUT2D eigenvalue weighted by atomic mass is 32.2. The van der Waals surface area contributed by atoms with Crippen molar-refractivity contribution in [1.82, 2.24) is 0 Å². The summed E-state index contributed by atoms with van der Waals surface area (Å²) in [5.41, 5.74) is 5.21. The lowest BCUT2D eigenvalue weighted by Crippen LogP contribution is -1.86. The van der Waals surface area contributed by atoms with Crippen molar-refractivity contribution in [3.8, 4) is 0 Å². The van der Waals surface area contributed by atoms with Crippen molar-refractivity contribution in [2.24, 2.45) is 11.7 Å². The third-order valence-corrected chi connectivity index (χ3v) is 2.38. The van der Waals surface area contributed by atoms with Crippen LogP contribution in [-0.2, 0) is 0 Å². The molecule has 0 aromatic carbocycles. The first-order chi connectivity index (χ1) is 5.66. The number of nitrogens with two attached hydrogens (primary N) is 1. The Morgan fingerprint density at radius 2 is 2.25 bits per heavy atom. The summed E-state index contributed by atoms with van der Waals surface area (Å²) in [7, 11) is 0. The minimum absolute atomic E-state index is 0.799. The fourth-order valence-electron chi connectivity index (χ4n) is 0.902. The maximum Gasteiger partial charge on any atom is 0.000532 e. The molecule has 0 fully saturated rings. The van der Waals surface area contributed by atoms with Gasteiger partial charge in [0.15, 0.2) is 0 Å². The molecule has 0 aliphatic carbocycles. The molecule has 1 nitrogen and oxygen atoms in total. The highest BCUT2D eigenvalue weighted by molar-refractivity contribution is 8.05. The van der Waals surface area contributed by atoms with Gasteiger partial charge in [0.25, 0.3) is 0 Å². The molecule has 0 unspecified atom stereocenters. The van der Waals surface area contributed by atoms with Crippen molar-refractivity contribution in [3.05, 3.63) is 23.1 Å². The molecule has 0 aliphatic heterocycles. The van der Waals surface area contributed by atoms with E-state index in [1.807, 2.05) is 5.41 Å². The van der Waals surface area contributed by atoms with Gasteiger partial charge in [0.2, 0.25) is 0 Å². The van der Waals surface area contributed by atoms with Gasteiger partial charge in [-0.05, 0) is 29.1 Å². The van der Waals surface area contributed by atoms with E-state index in [2.05, 4.69) is 20.4 Å². The molecule has 12 heavy (non-hydrogen) atoms. The molecule has 0 saturated carbocycles. The van der Waals surface area contributed by atoms with E-state index in [0.717, 1.165) is 12.3 Å². The van der Waals surface area contributed by atoms with E-state index in [1.165, 1.54) is 17.7 Å². The largest absolute Gasteiger partial charge is 0.404 e. The maximum absolute atomic E-state index is 5.21. The Bertz CT molecular complexity index is 150. The molecular weight excluding hydrogens is 166 g/mol. The monoisotopic (exact) mass is 185 g/mol. The maximum atomic E-state index is 5.21. The van der Waals surface area contributed by atoms with Crippen LogP contribution in [0.5, 0.6) is 0 Å². The van der Waals surface area contributed by atoms with E-state index in [9.17, 15) is 0 Å². The molecule has 70 valence electrons. The van der Waals surface area contributed by atoms with Gasteiger partial charge in [-0.3, -0.25) is 0 Å². The first kappa shape index (κ1) is 11.6. The van der Waals surface area contributed by atoms with Crippen LogP contribution in [0.2, 0.25) is 0 Å². The van der Waals surface area contributed by atoms with Crippen molar-refractivity contribution in [3.63, 3.8) is 0 Å². The minimum Gasteiger partial charge on any atom is -0.404 e. The first-order valence-electron chi connectivity index (χ1n) is 4.38. The van der Waals surface area contributed by atoms with Crippen molar-refractivity contribution in [2.75, 3.05) is 0 Å². The third kappa shape index (κ3) is 7.73. The molecular formula is C10H19NS. The molecule has 0 aliphatic rings. The van der Waals surface area contributed by atoms with Crippen LogP contribution in [-0.4, -0.2) is 0 Å². The number of rotatable bonds is 6. The van der Waals surface area contributed by atoms with Crippen LogP contribution in [0.4, 0.5) is 0 Å². The summed E-state index contributed by atoms with van der Waals surface area (Å²) >= 11 is 1.63. The predicted molar refractivity (Wildman–Crippen MR) is 58.7 cm³/mol. The zero-order valence-electron chi connectivity index (χ0n) is 8.05. The van der Waals surface area contributed by atoms with Crippen LogP contribution < -0.4 is 5.73 Å². The van der Waals surface area contributed by atoms with Gasteiger partial charge in [-0.25, -0.2) is 0 Å². The molecule has 0 amide bonds. The predicted octanol–water partition coefficient (Wildman–Crippen LogP) is 3.49. The average Bonchev–Trinajstić information content (AvgIpc) is 2.00. The van der Waals surface area contributed by atoms with Crippen LogP contribution in [0.3, 0.4) is 0 Å². The summed E-state index contributed by atoms with van der Waals surface area (Å²) in [6, 6.07) is 0. The SMILES string of the molecule is C=C(CCCC(C)C)S/C=C\N. The molecule has 0 rings (SSSR count). The van der Waals surface area contributed by atoms with Gasteiger partial charge in [0.05, 0.1) is 0 Å². The summed E-state index contributed by atoms with van der Waals surface area (Å²) in [6.45, 7) is 8.44. The lowest BCUT2D eigenvalue weighted by Gasteiger charge is -2.04. The number of hydrogen-bond acceptors (Lipinski definition) is 2. The van der Waals surface area contributed by atoms with Gasteiger partial charge >= 0.3 is 0 Å². The normalized spacial score (nSPS) is 11.2. The molecule has 0 radical (unpaired) electrons. The zero-order valence-corrected chi connectivity index (χ0v) is 8.86. The first-order valence-corrected chi connectivity index (χ1v) is 5.26. The Morgan fingerprint density at radius 3 is 2.75 bits per heavy atom. The van der Waals surface area contributed by atoms with Gasteiger partial charge in [-0.1, -0.05) is 26.8 Å². The fourth-order valence-corrected chi connectivity index (χ4v) is 1.44. The Labute approximate surface area is 80.1 Å². The summed E-state index contributed by atoms with van der Waals surface area (Å²) in [5, 5.41) is 1.87. The molecule has 0 aromatic rings. The lowest BCUT2D eigenvalue weighted by atomic mass is 10.1. The van der Waals surface area contributed by atoms with Gasteiger partial charge in [-0.15, -0.1) is 11.8 Å². The number of hydrogen-bond donors (Lipinski definition) is 1. The van der Waals surface area contributed by atoms with Crippen LogP contribution in [0, 0.1) is 5.92 Å². The second kappa shape index (κ2) is 7.29. The summed E-state index contributed by atoms with van der Waals surface area (Å²) in [6.07, 6.45) is 5.18. The number of thioether (sulfide) groups is 1. The highest BCUT2D eigenvalue weighted by Gasteiger charge is 1.96. The number of allylic oxidation sites excluding steroid dienone is 1. The van der Waals surface area contributed by atoms with E-state index in [4.69, 9.17) is 5.73 Å². The lowest BCUT2D eigenvalue weighted by molar-refractivity contribution is 0.559.